The van der Waals surface area contributed by atoms with Gasteiger partial charge in [-0.05, 0) is 0 Å². The minimum absolute atomic E-state index is 0.00721. The molecule has 2 N–H and O–H groups in total. The van der Waals surface area contributed by atoms with Crippen molar-refractivity contribution in [3.8, 4) is 11.5 Å². The Morgan fingerprint density at radius 3 is 2.45 bits per heavy atom. The number of carbonyl (C=O) groups excluding carboxylic acids is 1. The Balaban J connectivity index is 3.28. The fourth-order valence-electron chi connectivity index (χ4n) is 1.47. The van der Waals surface area contributed by atoms with Crippen molar-refractivity contribution in [2.45, 2.75) is 19.3 Å². The predicted octanol–water partition coefficient (Wildman–Crippen LogP) is 1.16. The highest BCUT2D eigenvalue weighted by atomic mass is 19.4. The van der Waals surface area contributed by atoms with E-state index in [4.69, 9.17) is 10.5 Å². The predicted molar refractivity (Wildman–Crippen MR) is 61.1 cm³/mol. The SMILES string of the molecule is COC(=O)Cc1ncc(CN)c(OC(F)(F)F)c1OC. The van der Waals surface area contributed by atoms with Gasteiger partial charge in [0, 0.05) is 18.3 Å². The third kappa shape index (κ3) is 3.98. The Labute approximate surface area is 112 Å². The van der Waals surface area contributed by atoms with Gasteiger partial charge in [0.25, 0.3) is 0 Å². The summed E-state index contributed by atoms with van der Waals surface area (Å²) in [5, 5.41) is 0. The first-order valence-corrected chi connectivity index (χ1v) is 5.39. The second kappa shape index (κ2) is 6.42. The van der Waals surface area contributed by atoms with Crippen LogP contribution in [0.1, 0.15) is 11.3 Å². The minimum Gasteiger partial charge on any atom is -0.491 e. The largest absolute Gasteiger partial charge is 0.573 e. The van der Waals surface area contributed by atoms with Crippen LogP contribution in [0.5, 0.6) is 11.5 Å². The average molecular weight is 294 g/mol. The molecule has 0 saturated heterocycles. The van der Waals surface area contributed by atoms with Gasteiger partial charge in [0.1, 0.15) is 0 Å². The summed E-state index contributed by atoms with van der Waals surface area (Å²) < 4.78 is 50.4. The zero-order valence-corrected chi connectivity index (χ0v) is 10.8. The summed E-state index contributed by atoms with van der Waals surface area (Å²) in [6.45, 7) is -0.229. The quantitative estimate of drug-likeness (QED) is 0.820. The van der Waals surface area contributed by atoms with Crippen LogP contribution in [-0.4, -0.2) is 31.5 Å². The Morgan fingerprint density at radius 1 is 1.35 bits per heavy atom. The molecule has 1 aromatic rings. The molecule has 0 aliphatic rings. The second-order valence-electron chi connectivity index (χ2n) is 3.60. The molecule has 112 valence electrons. The summed E-state index contributed by atoms with van der Waals surface area (Å²) in [7, 11) is 2.29. The molecule has 0 amide bonds. The van der Waals surface area contributed by atoms with Crippen LogP contribution in [0.15, 0.2) is 6.20 Å². The van der Waals surface area contributed by atoms with Crippen molar-refractivity contribution in [1.29, 1.82) is 0 Å². The lowest BCUT2D eigenvalue weighted by molar-refractivity contribution is -0.275. The molecule has 1 heterocycles. The number of hydrogen-bond acceptors (Lipinski definition) is 6. The van der Waals surface area contributed by atoms with E-state index in [1.54, 1.807) is 0 Å². The summed E-state index contributed by atoms with van der Waals surface area (Å²) in [6.07, 6.45) is -4.16. The molecule has 0 radical (unpaired) electrons. The molecule has 6 nitrogen and oxygen atoms in total. The topological polar surface area (TPSA) is 83.7 Å². The van der Waals surface area contributed by atoms with Crippen molar-refractivity contribution in [3.05, 3.63) is 17.5 Å². The summed E-state index contributed by atoms with van der Waals surface area (Å²) >= 11 is 0. The Kier molecular flexibility index (Phi) is 5.14. The van der Waals surface area contributed by atoms with E-state index in [2.05, 4.69) is 14.5 Å². The molecule has 0 aromatic carbocycles. The maximum atomic E-state index is 12.4. The molecule has 0 atom stereocenters. The molecule has 1 rings (SSSR count). The van der Waals surface area contributed by atoms with Crippen LogP contribution in [0.4, 0.5) is 13.2 Å². The van der Waals surface area contributed by atoms with Gasteiger partial charge in [-0.1, -0.05) is 0 Å². The van der Waals surface area contributed by atoms with Gasteiger partial charge in [0.05, 0.1) is 26.3 Å². The summed E-state index contributed by atoms with van der Waals surface area (Å²) in [5.41, 5.74) is 5.31. The van der Waals surface area contributed by atoms with Gasteiger partial charge < -0.3 is 19.9 Å². The van der Waals surface area contributed by atoms with Gasteiger partial charge in [-0.25, -0.2) is 0 Å². The van der Waals surface area contributed by atoms with Crippen molar-refractivity contribution >= 4 is 5.97 Å². The van der Waals surface area contributed by atoms with Gasteiger partial charge in [0.15, 0.2) is 11.5 Å². The van der Waals surface area contributed by atoms with E-state index in [1.165, 1.54) is 0 Å². The van der Waals surface area contributed by atoms with Crippen LogP contribution >= 0.6 is 0 Å². The van der Waals surface area contributed by atoms with Crippen LogP contribution in [0, 0.1) is 0 Å². The smallest absolute Gasteiger partial charge is 0.491 e. The standard InChI is InChI=1S/C11H13F3N2O4/c1-18-8(17)3-7-10(19-2)9(20-11(12,13)14)6(4-15)5-16-7/h5H,3-4,15H2,1-2H3. The molecule has 0 saturated carbocycles. The molecular formula is C11H13F3N2O4. The summed E-state index contributed by atoms with van der Waals surface area (Å²) in [5.74, 6) is -1.57. The van der Waals surface area contributed by atoms with Crippen LogP contribution in [0.2, 0.25) is 0 Å². The monoisotopic (exact) mass is 294 g/mol. The molecular weight excluding hydrogens is 281 g/mol. The first-order chi connectivity index (χ1) is 9.32. The Morgan fingerprint density at radius 2 is 2.00 bits per heavy atom. The second-order valence-corrected chi connectivity index (χ2v) is 3.60. The van der Waals surface area contributed by atoms with Crippen molar-refractivity contribution in [1.82, 2.24) is 4.98 Å². The molecule has 0 fully saturated rings. The van der Waals surface area contributed by atoms with Crippen LogP contribution in [-0.2, 0) is 22.5 Å². The lowest BCUT2D eigenvalue weighted by Gasteiger charge is -2.17. The lowest BCUT2D eigenvalue weighted by Crippen LogP contribution is -2.20. The maximum absolute atomic E-state index is 12.4. The molecule has 9 heteroatoms. The number of hydrogen-bond donors (Lipinski definition) is 1. The van der Waals surface area contributed by atoms with E-state index in [0.29, 0.717) is 0 Å². The number of nitrogens with zero attached hydrogens (tertiary/aromatic N) is 1. The molecule has 0 spiro atoms. The third-order valence-corrected chi connectivity index (χ3v) is 2.32. The van der Waals surface area contributed by atoms with Crippen LogP contribution in [0.25, 0.3) is 0 Å². The fourth-order valence-corrected chi connectivity index (χ4v) is 1.47. The van der Waals surface area contributed by atoms with Crippen molar-refractivity contribution in [3.63, 3.8) is 0 Å². The number of alkyl halides is 3. The third-order valence-electron chi connectivity index (χ3n) is 2.32. The summed E-state index contributed by atoms with van der Waals surface area (Å²) in [6, 6.07) is 0. The van der Waals surface area contributed by atoms with Gasteiger partial charge in [-0.2, -0.15) is 0 Å². The number of carbonyl (C=O) groups is 1. The molecule has 0 unspecified atom stereocenters. The molecule has 0 aliphatic heterocycles. The highest BCUT2D eigenvalue weighted by Gasteiger charge is 2.34. The molecule has 0 aliphatic carbocycles. The first kappa shape index (κ1) is 16.0. The number of nitrogens with two attached hydrogens (primary N) is 1. The fraction of sp³-hybridized carbons (Fsp3) is 0.455. The number of ether oxygens (including phenoxy) is 3. The van der Waals surface area contributed by atoms with E-state index < -0.39 is 18.1 Å². The van der Waals surface area contributed by atoms with Crippen LogP contribution < -0.4 is 15.2 Å². The number of rotatable bonds is 5. The normalized spacial score (nSPS) is 11.1. The van der Waals surface area contributed by atoms with Gasteiger partial charge >= 0.3 is 12.3 Å². The Bertz CT molecular complexity index is 491. The Hall–Kier alpha value is -2.03. The number of esters is 1. The summed E-state index contributed by atoms with van der Waals surface area (Å²) in [4.78, 5) is 15.0. The zero-order chi connectivity index (χ0) is 15.3. The van der Waals surface area contributed by atoms with Gasteiger partial charge in [-0.15, -0.1) is 13.2 Å². The lowest BCUT2D eigenvalue weighted by atomic mass is 10.1. The van der Waals surface area contributed by atoms with Gasteiger partial charge in [0.2, 0.25) is 0 Å². The minimum atomic E-state index is -4.92. The molecule has 0 bridgehead atoms. The molecule has 1 aromatic heterocycles. The number of pyridine rings is 1. The van der Waals surface area contributed by atoms with Crippen molar-refractivity contribution in [2.75, 3.05) is 14.2 Å². The highest BCUT2D eigenvalue weighted by molar-refractivity contribution is 5.73. The van der Waals surface area contributed by atoms with E-state index in [1.807, 2.05) is 0 Å². The van der Waals surface area contributed by atoms with E-state index in [-0.39, 0.29) is 30.0 Å². The number of halogens is 3. The number of aromatic nitrogens is 1. The van der Waals surface area contributed by atoms with Crippen molar-refractivity contribution < 1.29 is 32.2 Å². The van der Waals surface area contributed by atoms with E-state index >= 15 is 0 Å². The zero-order valence-electron chi connectivity index (χ0n) is 10.8. The first-order valence-electron chi connectivity index (χ1n) is 5.39. The highest BCUT2D eigenvalue weighted by Crippen LogP contribution is 2.37. The van der Waals surface area contributed by atoms with E-state index in [9.17, 15) is 18.0 Å². The van der Waals surface area contributed by atoms with Gasteiger partial charge in [-0.3, -0.25) is 9.78 Å². The number of methoxy groups -OCH3 is 2. The maximum Gasteiger partial charge on any atom is 0.573 e. The van der Waals surface area contributed by atoms with Crippen LogP contribution in [0.3, 0.4) is 0 Å². The van der Waals surface area contributed by atoms with Crippen molar-refractivity contribution in [2.24, 2.45) is 5.73 Å². The van der Waals surface area contributed by atoms with E-state index in [0.717, 1.165) is 20.4 Å². The average Bonchev–Trinajstić information content (AvgIpc) is 2.37. The molecule has 20 heavy (non-hydrogen) atoms.